The summed E-state index contributed by atoms with van der Waals surface area (Å²) in [5.41, 5.74) is 4.55. The van der Waals surface area contributed by atoms with Gasteiger partial charge in [-0.05, 0) is 28.3 Å². The Morgan fingerprint density at radius 2 is 1.13 bits per heavy atom. The number of hydrogen-bond acceptors (Lipinski definition) is 0. The van der Waals surface area contributed by atoms with E-state index in [4.69, 9.17) is 0 Å². The van der Waals surface area contributed by atoms with E-state index in [1.54, 1.807) is 0 Å². The van der Waals surface area contributed by atoms with Gasteiger partial charge in [-0.25, -0.2) is 4.39 Å². The lowest BCUT2D eigenvalue weighted by Gasteiger charge is -2.01. The van der Waals surface area contributed by atoms with Crippen molar-refractivity contribution in [3.05, 3.63) is 109 Å². The average Bonchev–Trinajstić information content (AvgIpc) is 2.64. The third-order valence-electron chi connectivity index (χ3n) is 3.31. The molecule has 0 N–H and O–H groups in total. The zero-order chi connectivity index (χ0) is 16.3. The summed E-state index contributed by atoms with van der Waals surface area (Å²) in [6.45, 7) is 3.73. The van der Waals surface area contributed by atoms with Crippen LogP contribution in [0.5, 0.6) is 0 Å². The highest BCUT2D eigenvalue weighted by molar-refractivity contribution is 5.65. The lowest BCUT2D eigenvalue weighted by Crippen LogP contribution is -1.76. The maximum atomic E-state index is 11.5. The fraction of sp³-hybridized carbons (Fsp3) is 0. The van der Waals surface area contributed by atoms with E-state index in [2.05, 4.69) is 55.1 Å². The van der Waals surface area contributed by atoms with E-state index in [0.717, 1.165) is 11.1 Å². The van der Waals surface area contributed by atoms with Crippen LogP contribution in [0.4, 0.5) is 4.39 Å². The molecule has 3 aromatic rings. The van der Waals surface area contributed by atoms with Gasteiger partial charge in [-0.15, -0.1) is 0 Å². The molecular formula is C22H19F. The molecule has 0 saturated carbocycles. The number of halogens is 1. The molecule has 114 valence electrons. The van der Waals surface area contributed by atoms with Crippen molar-refractivity contribution in [3.63, 3.8) is 0 Å². The van der Waals surface area contributed by atoms with Crippen LogP contribution in [-0.4, -0.2) is 0 Å². The zero-order valence-corrected chi connectivity index (χ0v) is 12.9. The minimum atomic E-state index is 0.537. The second-order valence-corrected chi connectivity index (χ2v) is 4.90. The van der Waals surface area contributed by atoms with Crippen molar-refractivity contribution in [1.82, 2.24) is 0 Å². The van der Waals surface area contributed by atoms with Gasteiger partial charge in [0.25, 0.3) is 0 Å². The zero-order valence-electron chi connectivity index (χ0n) is 12.9. The Labute approximate surface area is 137 Å². The van der Waals surface area contributed by atoms with E-state index in [-0.39, 0.29) is 0 Å². The first kappa shape index (κ1) is 16.4. The van der Waals surface area contributed by atoms with Crippen LogP contribution in [0.2, 0.25) is 0 Å². The van der Waals surface area contributed by atoms with Crippen LogP contribution in [0, 0.1) is 0 Å². The van der Waals surface area contributed by atoms with Crippen molar-refractivity contribution < 1.29 is 4.39 Å². The number of hydrogen-bond donors (Lipinski definition) is 0. The highest BCUT2D eigenvalue weighted by atomic mass is 19.1. The van der Waals surface area contributed by atoms with Crippen molar-refractivity contribution in [2.24, 2.45) is 0 Å². The normalized spacial score (nSPS) is 9.96. The van der Waals surface area contributed by atoms with Crippen LogP contribution in [0.3, 0.4) is 0 Å². The quantitative estimate of drug-likeness (QED) is 0.510. The van der Waals surface area contributed by atoms with Crippen molar-refractivity contribution in [3.8, 4) is 11.1 Å². The molecule has 0 amide bonds. The Bertz CT molecular complexity index is 726. The van der Waals surface area contributed by atoms with Crippen LogP contribution in [0.25, 0.3) is 23.3 Å². The Balaban J connectivity index is 0.000000185. The van der Waals surface area contributed by atoms with Crippen LogP contribution in [0.15, 0.2) is 97.8 Å². The summed E-state index contributed by atoms with van der Waals surface area (Å²) in [6, 6.07) is 28.1. The largest absolute Gasteiger partial charge is 0.216 e. The first-order chi connectivity index (χ1) is 11.3. The molecule has 0 spiro atoms. The molecule has 1 heteroatoms. The molecule has 3 aromatic carbocycles. The van der Waals surface area contributed by atoms with Gasteiger partial charge in [0.1, 0.15) is 0 Å². The molecule has 23 heavy (non-hydrogen) atoms. The van der Waals surface area contributed by atoms with Gasteiger partial charge in [-0.1, -0.05) is 97.6 Å². The molecule has 0 aromatic heterocycles. The molecule has 0 fully saturated rings. The second kappa shape index (κ2) is 9.16. The van der Waals surface area contributed by atoms with Gasteiger partial charge in [0.15, 0.2) is 0 Å². The Hall–Kier alpha value is -2.93. The summed E-state index contributed by atoms with van der Waals surface area (Å²) in [5, 5.41) is 0. The smallest absolute Gasteiger partial charge is 0.0872 e. The lowest BCUT2D eigenvalue weighted by molar-refractivity contribution is 0.727. The lowest BCUT2D eigenvalue weighted by atomic mass is 10.0. The van der Waals surface area contributed by atoms with Crippen LogP contribution in [-0.2, 0) is 0 Å². The molecule has 0 saturated heterocycles. The third kappa shape index (κ3) is 5.40. The first-order valence-corrected chi connectivity index (χ1v) is 7.43. The molecule has 0 aliphatic heterocycles. The molecule has 0 atom stereocenters. The summed E-state index contributed by atoms with van der Waals surface area (Å²) in [7, 11) is 0. The molecule has 0 aliphatic rings. The predicted octanol–water partition coefficient (Wildman–Crippen LogP) is 6.62. The van der Waals surface area contributed by atoms with Gasteiger partial charge in [0.2, 0.25) is 0 Å². The van der Waals surface area contributed by atoms with E-state index in [1.165, 1.54) is 17.2 Å². The topological polar surface area (TPSA) is 0 Å². The van der Waals surface area contributed by atoms with Crippen molar-refractivity contribution in [1.29, 1.82) is 0 Å². The molecule has 0 nitrogen and oxygen atoms in total. The van der Waals surface area contributed by atoms with Crippen molar-refractivity contribution >= 4 is 12.2 Å². The molecule has 0 unspecified atom stereocenters. The van der Waals surface area contributed by atoms with Gasteiger partial charge in [-0.2, -0.15) is 0 Å². The van der Waals surface area contributed by atoms with Gasteiger partial charge < -0.3 is 0 Å². The van der Waals surface area contributed by atoms with Gasteiger partial charge in [0, 0.05) is 0 Å². The maximum absolute atomic E-state index is 11.5. The van der Waals surface area contributed by atoms with Gasteiger partial charge >= 0.3 is 0 Å². The fourth-order valence-electron chi connectivity index (χ4n) is 2.08. The van der Waals surface area contributed by atoms with E-state index >= 15 is 0 Å². The van der Waals surface area contributed by atoms with Gasteiger partial charge in [0.05, 0.1) is 6.33 Å². The fourth-order valence-corrected chi connectivity index (χ4v) is 2.08. The van der Waals surface area contributed by atoms with Crippen LogP contribution in [0.1, 0.15) is 11.1 Å². The maximum Gasteiger partial charge on any atom is 0.0872 e. The van der Waals surface area contributed by atoms with Crippen molar-refractivity contribution in [2.45, 2.75) is 0 Å². The highest BCUT2D eigenvalue weighted by Gasteiger charge is 1.94. The molecule has 0 bridgehead atoms. The summed E-state index contributed by atoms with van der Waals surface area (Å²) in [5.74, 6) is 0. The summed E-state index contributed by atoms with van der Waals surface area (Å²) >= 11 is 0. The third-order valence-corrected chi connectivity index (χ3v) is 3.31. The summed E-state index contributed by atoms with van der Waals surface area (Å²) < 4.78 is 11.5. The first-order valence-electron chi connectivity index (χ1n) is 7.43. The standard InChI is InChI=1S/C14H12.C8H7F/c1-2-12-8-10-14(11-9-12)13-6-4-3-5-7-13;9-7-6-8-4-2-1-3-5-8/h2-11H,1H2;1-7H. The Morgan fingerprint density at radius 3 is 1.65 bits per heavy atom. The SMILES string of the molecule is C=Cc1ccc(-c2ccccc2)cc1.FC=Cc1ccccc1. The molecule has 0 heterocycles. The molecule has 3 rings (SSSR count). The monoisotopic (exact) mass is 302 g/mol. The van der Waals surface area contributed by atoms with E-state index in [0.29, 0.717) is 6.33 Å². The molecular weight excluding hydrogens is 283 g/mol. The second-order valence-electron chi connectivity index (χ2n) is 4.90. The highest BCUT2D eigenvalue weighted by Crippen LogP contribution is 2.19. The van der Waals surface area contributed by atoms with E-state index < -0.39 is 0 Å². The van der Waals surface area contributed by atoms with Gasteiger partial charge in [-0.3, -0.25) is 0 Å². The van der Waals surface area contributed by atoms with Crippen LogP contribution >= 0.6 is 0 Å². The number of benzene rings is 3. The molecule has 0 radical (unpaired) electrons. The number of rotatable bonds is 3. The Morgan fingerprint density at radius 1 is 0.609 bits per heavy atom. The minimum absolute atomic E-state index is 0.537. The predicted molar refractivity (Wildman–Crippen MR) is 98.6 cm³/mol. The van der Waals surface area contributed by atoms with Crippen LogP contribution < -0.4 is 0 Å². The van der Waals surface area contributed by atoms with E-state index in [1.807, 2.05) is 42.5 Å². The summed E-state index contributed by atoms with van der Waals surface area (Å²) in [6.07, 6.45) is 3.81. The molecule has 0 aliphatic carbocycles. The Kier molecular flexibility index (Phi) is 6.55. The summed E-state index contributed by atoms with van der Waals surface area (Å²) in [4.78, 5) is 0. The van der Waals surface area contributed by atoms with E-state index in [9.17, 15) is 4.39 Å². The average molecular weight is 302 g/mol. The van der Waals surface area contributed by atoms with Crippen molar-refractivity contribution in [2.75, 3.05) is 0 Å². The minimum Gasteiger partial charge on any atom is -0.216 e.